The Kier molecular flexibility index (Phi) is 4.03. The molecule has 126 valence electrons. The molecule has 0 aliphatic carbocycles. The second kappa shape index (κ2) is 6.21. The van der Waals surface area contributed by atoms with E-state index in [-0.39, 0.29) is 5.91 Å². The molecule has 6 nitrogen and oxygen atoms in total. The fraction of sp³-hybridized carbons (Fsp3) is 0.125. The minimum absolute atomic E-state index is 0.206. The number of thiophene rings is 1. The molecule has 0 unspecified atom stereocenters. The van der Waals surface area contributed by atoms with E-state index >= 15 is 0 Å². The Morgan fingerprint density at radius 3 is 2.72 bits per heavy atom. The molecular weight excluding hydrogens is 378 g/mol. The maximum absolute atomic E-state index is 12.5. The van der Waals surface area contributed by atoms with E-state index in [1.54, 1.807) is 4.68 Å². The van der Waals surface area contributed by atoms with Gasteiger partial charge in [0, 0.05) is 5.39 Å². The van der Waals surface area contributed by atoms with Gasteiger partial charge in [-0.2, -0.15) is 5.10 Å². The predicted octanol–water partition coefficient (Wildman–Crippen LogP) is 4.46. The third kappa shape index (κ3) is 2.92. The van der Waals surface area contributed by atoms with Crippen molar-refractivity contribution >= 4 is 55.5 Å². The number of benzene rings is 1. The molecule has 3 heterocycles. The lowest BCUT2D eigenvalue weighted by atomic mass is 10.3. The highest BCUT2D eigenvalue weighted by atomic mass is 35.5. The summed E-state index contributed by atoms with van der Waals surface area (Å²) in [6.45, 7) is 3.76. The summed E-state index contributed by atoms with van der Waals surface area (Å²) in [6.07, 6.45) is 0. The number of nitrogens with zero attached hydrogens (tertiary/aromatic N) is 4. The van der Waals surface area contributed by atoms with Gasteiger partial charge in [0.2, 0.25) is 5.13 Å². The number of carbonyl (C=O) groups excluding carboxylic acids is 1. The SMILES string of the molecule is Cc1nnc(NC(=O)c2cc3c(C)nn(-c4ccccc4Cl)c3s2)s1. The van der Waals surface area contributed by atoms with Gasteiger partial charge in [-0.15, -0.1) is 21.5 Å². The van der Waals surface area contributed by atoms with E-state index in [4.69, 9.17) is 11.6 Å². The van der Waals surface area contributed by atoms with Crippen molar-refractivity contribution in [3.63, 3.8) is 0 Å². The van der Waals surface area contributed by atoms with E-state index in [1.165, 1.54) is 22.7 Å². The van der Waals surface area contributed by atoms with Crippen molar-refractivity contribution in [1.82, 2.24) is 20.0 Å². The first-order valence-corrected chi connectivity index (χ1v) is 9.39. The fourth-order valence-electron chi connectivity index (χ4n) is 2.45. The highest BCUT2D eigenvalue weighted by Gasteiger charge is 2.19. The Labute approximate surface area is 156 Å². The van der Waals surface area contributed by atoms with Gasteiger partial charge in [0.1, 0.15) is 9.84 Å². The van der Waals surface area contributed by atoms with E-state index in [2.05, 4.69) is 20.6 Å². The predicted molar refractivity (Wildman–Crippen MR) is 101 cm³/mol. The molecule has 0 fully saturated rings. The molecule has 0 saturated carbocycles. The zero-order valence-electron chi connectivity index (χ0n) is 13.3. The zero-order valence-corrected chi connectivity index (χ0v) is 15.7. The minimum atomic E-state index is -0.206. The zero-order chi connectivity index (χ0) is 17.6. The highest BCUT2D eigenvalue weighted by Crippen LogP contribution is 2.32. The Hall–Kier alpha value is -2.29. The molecule has 0 bridgehead atoms. The van der Waals surface area contributed by atoms with Gasteiger partial charge in [0.15, 0.2) is 0 Å². The summed E-state index contributed by atoms with van der Waals surface area (Å²) >= 11 is 9.01. The maximum atomic E-state index is 12.5. The lowest BCUT2D eigenvalue weighted by molar-refractivity contribution is 0.103. The molecule has 4 aromatic rings. The quantitative estimate of drug-likeness (QED) is 0.561. The van der Waals surface area contributed by atoms with Gasteiger partial charge in [0.05, 0.1) is 21.3 Å². The topological polar surface area (TPSA) is 72.7 Å². The number of halogens is 1. The first kappa shape index (κ1) is 16.2. The number of para-hydroxylation sites is 1. The number of carbonyl (C=O) groups is 1. The van der Waals surface area contributed by atoms with Crippen molar-refractivity contribution in [3.8, 4) is 5.69 Å². The van der Waals surface area contributed by atoms with Crippen LogP contribution in [0.2, 0.25) is 5.02 Å². The van der Waals surface area contributed by atoms with Crippen LogP contribution < -0.4 is 5.32 Å². The Balaban J connectivity index is 1.74. The molecule has 0 spiro atoms. The molecule has 0 aliphatic heterocycles. The Bertz CT molecular complexity index is 1100. The van der Waals surface area contributed by atoms with Crippen molar-refractivity contribution in [2.75, 3.05) is 5.32 Å². The van der Waals surface area contributed by atoms with Gasteiger partial charge in [-0.3, -0.25) is 10.1 Å². The van der Waals surface area contributed by atoms with Crippen LogP contribution in [0.1, 0.15) is 20.4 Å². The summed E-state index contributed by atoms with van der Waals surface area (Å²) in [5.74, 6) is -0.206. The maximum Gasteiger partial charge on any atom is 0.267 e. The lowest BCUT2D eigenvalue weighted by Crippen LogP contribution is -2.09. The lowest BCUT2D eigenvalue weighted by Gasteiger charge is -2.04. The van der Waals surface area contributed by atoms with E-state index in [0.717, 1.165) is 26.6 Å². The number of fused-ring (bicyclic) bond motifs is 1. The number of hydrogen-bond acceptors (Lipinski definition) is 6. The standard InChI is InChI=1S/C16H12ClN5OS2/c1-8-10-7-13(14(23)18-16-20-19-9(2)24-16)25-15(10)22(21-8)12-6-4-3-5-11(12)17/h3-7H,1-2H3,(H,18,20,23). The fourth-order valence-corrected chi connectivity index (χ4v) is 4.33. The average molecular weight is 390 g/mol. The number of rotatable bonds is 3. The molecule has 1 amide bonds. The van der Waals surface area contributed by atoms with Crippen LogP contribution in [0.15, 0.2) is 30.3 Å². The van der Waals surface area contributed by atoms with Crippen LogP contribution in [0.4, 0.5) is 5.13 Å². The molecule has 25 heavy (non-hydrogen) atoms. The minimum Gasteiger partial charge on any atom is -0.296 e. The molecule has 1 N–H and O–H groups in total. The smallest absolute Gasteiger partial charge is 0.267 e. The molecule has 0 saturated heterocycles. The third-order valence-corrected chi connectivity index (χ3v) is 5.78. The molecule has 9 heteroatoms. The molecule has 0 aliphatic rings. The van der Waals surface area contributed by atoms with Crippen LogP contribution >= 0.6 is 34.3 Å². The Morgan fingerprint density at radius 2 is 2.00 bits per heavy atom. The van der Waals surface area contributed by atoms with Crippen LogP contribution in [0.3, 0.4) is 0 Å². The number of nitrogens with one attached hydrogen (secondary N) is 1. The highest BCUT2D eigenvalue weighted by molar-refractivity contribution is 7.20. The van der Waals surface area contributed by atoms with Crippen molar-refractivity contribution in [3.05, 3.63) is 50.9 Å². The van der Waals surface area contributed by atoms with Gasteiger partial charge in [0.25, 0.3) is 5.91 Å². The summed E-state index contributed by atoms with van der Waals surface area (Å²) in [5, 5.41) is 18.0. The normalized spacial score (nSPS) is 11.2. The monoisotopic (exact) mass is 389 g/mol. The first-order valence-electron chi connectivity index (χ1n) is 7.38. The molecule has 0 atom stereocenters. The van der Waals surface area contributed by atoms with Gasteiger partial charge in [-0.1, -0.05) is 35.1 Å². The average Bonchev–Trinajstić information content (AvgIpc) is 3.26. The number of anilines is 1. The third-order valence-electron chi connectivity index (χ3n) is 3.60. The van der Waals surface area contributed by atoms with Gasteiger partial charge in [-0.25, -0.2) is 4.68 Å². The van der Waals surface area contributed by atoms with E-state index in [1.807, 2.05) is 44.2 Å². The number of aryl methyl sites for hydroxylation is 2. The largest absolute Gasteiger partial charge is 0.296 e. The summed E-state index contributed by atoms with van der Waals surface area (Å²) in [4.78, 5) is 14.0. The molecule has 3 aromatic heterocycles. The molecule has 4 rings (SSSR count). The van der Waals surface area contributed by atoms with E-state index in [0.29, 0.717) is 15.0 Å². The van der Waals surface area contributed by atoms with E-state index < -0.39 is 0 Å². The number of aromatic nitrogens is 4. The van der Waals surface area contributed by atoms with Gasteiger partial charge >= 0.3 is 0 Å². The second-order valence-corrected chi connectivity index (χ2v) is 7.98. The van der Waals surface area contributed by atoms with Crippen LogP contribution in [-0.2, 0) is 0 Å². The van der Waals surface area contributed by atoms with Crippen LogP contribution in [0.5, 0.6) is 0 Å². The van der Waals surface area contributed by atoms with Gasteiger partial charge in [-0.05, 0) is 32.0 Å². The molecule has 1 aromatic carbocycles. The first-order chi connectivity index (χ1) is 12.0. The second-order valence-electron chi connectivity index (χ2n) is 5.36. The summed E-state index contributed by atoms with van der Waals surface area (Å²) in [5.41, 5.74) is 1.63. The molecule has 0 radical (unpaired) electrons. The van der Waals surface area contributed by atoms with Crippen molar-refractivity contribution in [1.29, 1.82) is 0 Å². The van der Waals surface area contributed by atoms with Crippen molar-refractivity contribution in [2.45, 2.75) is 13.8 Å². The molecular formula is C16H12ClN5OS2. The number of hydrogen-bond donors (Lipinski definition) is 1. The summed E-state index contributed by atoms with van der Waals surface area (Å²) in [6, 6.07) is 9.34. The summed E-state index contributed by atoms with van der Waals surface area (Å²) < 4.78 is 1.78. The van der Waals surface area contributed by atoms with Crippen LogP contribution in [-0.4, -0.2) is 25.9 Å². The van der Waals surface area contributed by atoms with Crippen molar-refractivity contribution < 1.29 is 4.79 Å². The van der Waals surface area contributed by atoms with Crippen LogP contribution in [0.25, 0.3) is 15.9 Å². The number of amides is 1. The van der Waals surface area contributed by atoms with E-state index in [9.17, 15) is 4.79 Å². The van der Waals surface area contributed by atoms with Crippen molar-refractivity contribution in [2.24, 2.45) is 0 Å². The summed E-state index contributed by atoms with van der Waals surface area (Å²) in [7, 11) is 0. The van der Waals surface area contributed by atoms with Gasteiger partial charge < -0.3 is 0 Å². The Morgan fingerprint density at radius 1 is 1.20 bits per heavy atom. The van der Waals surface area contributed by atoms with Crippen LogP contribution in [0, 0.1) is 13.8 Å².